The lowest BCUT2D eigenvalue weighted by atomic mass is 9.88. The van der Waals surface area contributed by atoms with Gasteiger partial charge in [-0.3, -0.25) is 0 Å². The van der Waals surface area contributed by atoms with Gasteiger partial charge in [-0.2, -0.15) is 0 Å². The number of carbonyl (C=O) groups is 1. The van der Waals surface area contributed by atoms with Crippen LogP contribution in [0.15, 0.2) is 57.5 Å². The molecule has 1 amide bonds. The van der Waals surface area contributed by atoms with Crippen molar-refractivity contribution in [3.8, 4) is 0 Å². The third-order valence-corrected chi connectivity index (χ3v) is 8.52. The Labute approximate surface area is 239 Å². The monoisotopic (exact) mass is 658 g/mol. The molecule has 0 aromatic heterocycles. The highest BCUT2D eigenvalue weighted by Crippen LogP contribution is 2.32. The van der Waals surface area contributed by atoms with Crippen LogP contribution in [0.4, 0.5) is 4.79 Å². The van der Waals surface area contributed by atoms with Gasteiger partial charge in [0.05, 0.1) is 42.2 Å². The molecule has 2 aliphatic heterocycles. The van der Waals surface area contributed by atoms with Crippen molar-refractivity contribution in [3.63, 3.8) is 0 Å². The van der Waals surface area contributed by atoms with Crippen LogP contribution >= 0.6 is 31.9 Å². The van der Waals surface area contributed by atoms with Crippen LogP contribution in [-0.2, 0) is 36.3 Å². The summed E-state index contributed by atoms with van der Waals surface area (Å²) in [5, 5.41) is 2.92. The lowest BCUT2D eigenvalue weighted by Crippen LogP contribution is -2.60. The first-order valence-corrected chi connectivity index (χ1v) is 14.8. The number of hydrogen-bond acceptors (Lipinski definition) is 5. The maximum absolute atomic E-state index is 12.2. The minimum atomic E-state index is -1.10. The summed E-state index contributed by atoms with van der Waals surface area (Å²) in [7, 11) is -1.10. The fraction of sp³-hybridized carbons (Fsp3) is 0.519. The largest absolute Gasteiger partial charge is 0.444 e. The normalized spacial score (nSPS) is 18.8. The smallest absolute Gasteiger partial charge is 0.408 e. The quantitative estimate of drug-likeness (QED) is 0.416. The van der Waals surface area contributed by atoms with Gasteiger partial charge in [0.1, 0.15) is 16.7 Å². The SMILES string of the molecule is CC(C)(C)OC(=O)NC1(c2ccc(Br)cc2)COC1.CC(C)(C)S(=O)NC1(c2ccc(Br)cc2)COC1. The van der Waals surface area contributed by atoms with E-state index in [0.717, 1.165) is 20.1 Å². The second-order valence-corrected chi connectivity index (χ2v) is 15.1. The average molecular weight is 660 g/mol. The summed E-state index contributed by atoms with van der Waals surface area (Å²) in [5.41, 5.74) is 0.861. The van der Waals surface area contributed by atoms with Crippen LogP contribution < -0.4 is 10.0 Å². The molecule has 2 saturated heterocycles. The van der Waals surface area contributed by atoms with Crippen LogP contribution in [0.2, 0.25) is 0 Å². The maximum atomic E-state index is 12.2. The van der Waals surface area contributed by atoms with Gasteiger partial charge in [0.2, 0.25) is 0 Å². The fourth-order valence-corrected chi connectivity index (χ4v) is 5.00. The van der Waals surface area contributed by atoms with Gasteiger partial charge in [0, 0.05) is 8.95 Å². The Kier molecular flexibility index (Phi) is 9.68. The molecule has 0 radical (unpaired) electrons. The highest BCUT2D eigenvalue weighted by atomic mass is 79.9. The van der Waals surface area contributed by atoms with Crippen molar-refractivity contribution >= 4 is 48.9 Å². The van der Waals surface area contributed by atoms with Crippen molar-refractivity contribution in [3.05, 3.63) is 68.6 Å². The second-order valence-electron chi connectivity index (χ2n) is 11.3. The zero-order chi connectivity index (χ0) is 27.5. The van der Waals surface area contributed by atoms with E-state index in [1.54, 1.807) is 0 Å². The van der Waals surface area contributed by atoms with E-state index in [2.05, 4.69) is 41.9 Å². The first-order valence-electron chi connectivity index (χ1n) is 12.0. The second kappa shape index (κ2) is 11.8. The van der Waals surface area contributed by atoms with Crippen molar-refractivity contribution in [2.75, 3.05) is 26.4 Å². The zero-order valence-corrected chi connectivity index (χ0v) is 26.1. The molecule has 0 spiro atoms. The van der Waals surface area contributed by atoms with Crippen LogP contribution in [0.3, 0.4) is 0 Å². The van der Waals surface area contributed by atoms with E-state index in [9.17, 15) is 9.00 Å². The van der Waals surface area contributed by atoms with Gasteiger partial charge < -0.3 is 19.5 Å². The van der Waals surface area contributed by atoms with Crippen molar-refractivity contribution in [2.45, 2.75) is 63.0 Å². The Balaban J connectivity index is 0.000000206. The molecular formula is C27H36Br2N2O5S. The molecule has 1 unspecified atom stereocenters. The standard InChI is InChI=1S/C14H18BrNO3.C13H18BrNO2S/c1-13(2,3)19-12(17)16-14(8-18-9-14)10-4-6-11(15)7-5-10;1-12(2,3)18(16)15-13(8-17-9-13)10-4-6-11(14)7-5-10/h4-7H,8-9H2,1-3H3,(H,16,17);4-7,15H,8-9H2,1-3H3. The van der Waals surface area contributed by atoms with E-state index >= 15 is 0 Å². The lowest BCUT2D eigenvalue weighted by Gasteiger charge is -2.43. The van der Waals surface area contributed by atoms with Gasteiger partial charge in [-0.05, 0) is 76.9 Å². The van der Waals surface area contributed by atoms with Gasteiger partial charge in [-0.15, -0.1) is 0 Å². The number of benzene rings is 2. The van der Waals surface area contributed by atoms with Gasteiger partial charge >= 0.3 is 6.09 Å². The minimum Gasteiger partial charge on any atom is -0.444 e. The van der Waals surface area contributed by atoms with E-state index in [-0.39, 0.29) is 10.3 Å². The minimum absolute atomic E-state index is 0.280. The van der Waals surface area contributed by atoms with E-state index in [1.807, 2.05) is 90.1 Å². The van der Waals surface area contributed by atoms with Crippen molar-refractivity contribution < 1.29 is 23.2 Å². The number of carbonyl (C=O) groups excluding carboxylic acids is 1. The summed E-state index contributed by atoms with van der Waals surface area (Å²) in [5.74, 6) is 0. The van der Waals surface area contributed by atoms with Crippen molar-refractivity contribution in [2.24, 2.45) is 0 Å². The number of amides is 1. The molecule has 2 heterocycles. The summed E-state index contributed by atoms with van der Waals surface area (Å²) in [6, 6.07) is 15.9. The molecule has 2 aromatic carbocycles. The van der Waals surface area contributed by atoms with E-state index in [1.165, 1.54) is 0 Å². The number of nitrogens with one attached hydrogen (secondary N) is 2. The molecule has 10 heteroatoms. The zero-order valence-electron chi connectivity index (χ0n) is 22.2. The van der Waals surface area contributed by atoms with Crippen LogP contribution in [0.25, 0.3) is 0 Å². The Bertz CT molecular complexity index is 1090. The molecule has 0 aliphatic carbocycles. The van der Waals surface area contributed by atoms with Crippen LogP contribution in [-0.4, -0.2) is 47.1 Å². The molecule has 2 fully saturated rings. The summed E-state index contributed by atoms with van der Waals surface area (Å²) in [6.07, 6.45) is -0.418. The number of hydrogen-bond donors (Lipinski definition) is 2. The van der Waals surface area contributed by atoms with Crippen molar-refractivity contribution in [1.82, 2.24) is 10.0 Å². The van der Waals surface area contributed by atoms with Crippen LogP contribution in [0, 0.1) is 0 Å². The molecule has 2 aliphatic rings. The van der Waals surface area contributed by atoms with Crippen LogP contribution in [0.5, 0.6) is 0 Å². The Morgan fingerprint density at radius 2 is 1.22 bits per heavy atom. The fourth-order valence-electron chi connectivity index (χ4n) is 3.58. The van der Waals surface area contributed by atoms with Gasteiger partial charge in [-0.25, -0.2) is 13.7 Å². The average Bonchev–Trinajstić information content (AvgIpc) is 2.73. The Hall–Kier alpha value is -1.30. The molecule has 2 aromatic rings. The third kappa shape index (κ3) is 8.10. The van der Waals surface area contributed by atoms with Gasteiger partial charge in [0.25, 0.3) is 0 Å². The number of halogens is 2. The summed E-state index contributed by atoms with van der Waals surface area (Å²) < 4.78 is 33.1. The van der Waals surface area contributed by atoms with Gasteiger partial charge in [-0.1, -0.05) is 56.1 Å². The molecule has 4 rings (SSSR count). The molecule has 7 nitrogen and oxygen atoms in total. The summed E-state index contributed by atoms with van der Waals surface area (Å²) in [4.78, 5) is 11.9. The predicted octanol–water partition coefficient (Wildman–Crippen LogP) is 5.93. The highest BCUT2D eigenvalue weighted by Gasteiger charge is 2.44. The topological polar surface area (TPSA) is 85.9 Å². The first kappa shape index (κ1) is 30.2. The van der Waals surface area contributed by atoms with Crippen LogP contribution in [0.1, 0.15) is 52.7 Å². The Morgan fingerprint density at radius 3 is 1.54 bits per heavy atom. The number of alkyl carbamates (subject to hydrolysis) is 1. The third-order valence-electron chi connectivity index (χ3n) is 5.77. The lowest BCUT2D eigenvalue weighted by molar-refractivity contribution is -0.0797. The predicted molar refractivity (Wildman–Crippen MR) is 154 cm³/mol. The molecule has 0 saturated carbocycles. The summed E-state index contributed by atoms with van der Waals surface area (Å²) in [6.45, 7) is 13.5. The maximum Gasteiger partial charge on any atom is 0.408 e. The molecular weight excluding hydrogens is 624 g/mol. The first-order chi connectivity index (χ1) is 17.1. The Morgan fingerprint density at radius 1 is 0.811 bits per heavy atom. The van der Waals surface area contributed by atoms with E-state index < -0.39 is 28.2 Å². The highest BCUT2D eigenvalue weighted by molar-refractivity contribution is 9.10. The number of ether oxygens (including phenoxy) is 3. The molecule has 204 valence electrons. The van der Waals surface area contributed by atoms with Crippen molar-refractivity contribution in [1.29, 1.82) is 0 Å². The molecule has 1 atom stereocenters. The molecule has 0 bridgehead atoms. The van der Waals surface area contributed by atoms with E-state index in [0.29, 0.717) is 26.4 Å². The number of rotatable bonds is 5. The molecule has 2 N–H and O–H groups in total. The van der Waals surface area contributed by atoms with E-state index in [4.69, 9.17) is 14.2 Å². The molecule has 37 heavy (non-hydrogen) atoms. The summed E-state index contributed by atoms with van der Waals surface area (Å²) >= 11 is 6.82. The van der Waals surface area contributed by atoms with Gasteiger partial charge in [0.15, 0.2) is 0 Å².